The molecule has 0 atom stereocenters. The number of aromatic nitrogens is 1. The van der Waals surface area contributed by atoms with E-state index in [4.69, 9.17) is 9.98 Å². The number of allylic oxidation sites excluding steroid dienone is 7. The van der Waals surface area contributed by atoms with Gasteiger partial charge in [-0.25, -0.2) is 9.98 Å². The van der Waals surface area contributed by atoms with Crippen molar-refractivity contribution < 1.29 is 0 Å². The Balaban J connectivity index is 1.35. The number of fused-ring (bicyclic) bond motifs is 3. The van der Waals surface area contributed by atoms with E-state index in [2.05, 4.69) is 169 Å². The summed E-state index contributed by atoms with van der Waals surface area (Å²) in [7, 11) is 0. The number of benzene rings is 5. The fourth-order valence-electron chi connectivity index (χ4n) is 6.68. The van der Waals surface area contributed by atoms with Crippen LogP contribution in [0.5, 0.6) is 0 Å². The lowest BCUT2D eigenvalue weighted by Crippen LogP contribution is -2.07. The first kappa shape index (κ1) is 34.6. The zero-order valence-corrected chi connectivity index (χ0v) is 30.1. The molecule has 1 heterocycles. The van der Waals surface area contributed by atoms with Crippen molar-refractivity contribution in [2.45, 2.75) is 26.8 Å². The number of amidine groups is 2. The van der Waals surface area contributed by atoms with Gasteiger partial charge in [0, 0.05) is 33.7 Å². The third-order valence-electron chi connectivity index (χ3n) is 9.14. The average molecular weight is 685 g/mol. The number of nitrogens with zero attached hydrogens (tertiary/aromatic N) is 4. The van der Waals surface area contributed by atoms with Gasteiger partial charge in [-0.15, -0.1) is 0 Å². The summed E-state index contributed by atoms with van der Waals surface area (Å²) in [5.74, 6) is 7.36. The van der Waals surface area contributed by atoms with E-state index >= 15 is 0 Å². The van der Waals surface area contributed by atoms with Crippen molar-refractivity contribution in [3.8, 4) is 34.1 Å². The SMILES string of the molecule is C=N/C(=N\C(=N/Cc1ccccc1)C1=CC=CCC=C1)c1ccccc1-c1ccccc1-c1ccc2c(c1)c1ccccc1n2/C(C)=C/C#CC(=C)C. The zero-order chi connectivity index (χ0) is 36.6. The molecule has 1 aliphatic carbocycles. The third-order valence-corrected chi connectivity index (χ3v) is 9.14. The summed E-state index contributed by atoms with van der Waals surface area (Å²) in [6.07, 6.45) is 13.2. The van der Waals surface area contributed by atoms with Crippen LogP contribution in [0, 0.1) is 11.8 Å². The number of para-hydroxylation sites is 1. The van der Waals surface area contributed by atoms with Crippen LogP contribution in [0.3, 0.4) is 0 Å². The Morgan fingerprint density at radius 2 is 1.47 bits per heavy atom. The number of hydrogen-bond acceptors (Lipinski definition) is 1. The average Bonchev–Trinajstić information content (AvgIpc) is 3.30. The van der Waals surface area contributed by atoms with E-state index in [0.717, 1.165) is 67.7 Å². The van der Waals surface area contributed by atoms with Crippen LogP contribution in [-0.4, -0.2) is 23.0 Å². The second-order valence-corrected chi connectivity index (χ2v) is 12.9. The van der Waals surface area contributed by atoms with E-state index in [-0.39, 0.29) is 0 Å². The summed E-state index contributed by atoms with van der Waals surface area (Å²) in [6.45, 7) is 12.4. The Morgan fingerprint density at radius 3 is 2.28 bits per heavy atom. The maximum absolute atomic E-state index is 5.12. The highest BCUT2D eigenvalue weighted by Crippen LogP contribution is 2.39. The summed E-state index contributed by atoms with van der Waals surface area (Å²) in [5.41, 5.74) is 11.4. The summed E-state index contributed by atoms with van der Waals surface area (Å²) in [6, 6.07) is 42.3. The van der Waals surface area contributed by atoms with E-state index in [1.165, 1.54) is 10.8 Å². The predicted molar refractivity (Wildman–Crippen MR) is 227 cm³/mol. The number of aliphatic imine (C=N–C) groups is 3. The van der Waals surface area contributed by atoms with Crippen LogP contribution < -0.4 is 0 Å². The second kappa shape index (κ2) is 16.0. The van der Waals surface area contributed by atoms with Gasteiger partial charge in [0.2, 0.25) is 0 Å². The van der Waals surface area contributed by atoms with Gasteiger partial charge in [0.1, 0.15) is 0 Å². The molecule has 0 N–H and O–H groups in total. The molecule has 0 spiro atoms. The number of hydrogen-bond donors (Lipinski definition) is 0. The second-order valence-electron chi connectivity index (χ2n) is 12.9. The molecule has 4 nitrogen and oxygen atoms in total. The molecule has 0 radical (unpaired) electrons. The van der Waals surface area contributed by atoms with Crippen molar-refractivity contribution in [3.05, 3.63) is 187 Å². The van der Waals surface area contributed by atoms with Crippen LogP contribution in [0.25, 0.3) is 49.8 Å². The normalized spacial score (nSPS) is 13.4. The molecule has 0 saturated carbocycles. The Bertz CT molecular complexity index is 2610. The van der Waals surface area contributed by atoms with Crippen LogP contribution in [0.1, 0.15) is 31.4 Å². The van der Waals surface area contributed by atoms with Gasteiger partial charge in [0.15, 0.2) is 11.7 Å². The molecule has 1 aliphatic rings. The van der Waals surface area contributed by atoms with E-state index in [1.807, 2.05) is 37.3 Å². The summed E-state index contributed by atoms with van der Waals surface area (Å²) < 4.78 is 2.28. The molecule has 0 fully saturated rings. The van der Waals surface area contributed by atoms with E-state index < -0.39 is 0 Å². The molecular weight excluding hydrogens is 645 g/mol. The maximum Gasteiger partial charge on any atom is 0.161 e. The summed E-state index contributed by atoms with van der Waals surface area (Å²) in [4.78, 5) is 14.6. The lowest BCUT2D eigenvalue weighted by Gasteiger charge is -2.15. The Hall–Kier alpha value is -6.83. The van der Waals surface area contributed by atoms with Gasteiger partial charge in [-0.05, 0) is 78.6 Å². The van der Waals surface area contributed by atoms with Crippen molar-refractivity contribution in [1.29, 1.82) is 0 Å². The van der Waals surface area contributed by atoms with Gasteiger partial charge < -0.3 is 4.57 Å². The standard InChI is InChI=1S/C49H40N4/c1-35(2)19-18-20-36(3)53-46-30-17-16-28-43(46)45-33-39(31-32-47(45)53)40-25-12-13-26-41(40)42-27-14-15-29-44(42)49(50-4)52-48(38-23-10-5-6-11-24-38)51-34-37-21-8-7-9-22-37/h5,7-17,20-33H,1,4,6,34H2,2-3H3/b36-20+,51-48-,52-49-. The molecule has 0 bridgehead atoms. The first-order chi connectivity index (χ1) is 26.0. The van der Waals surface area contributed by atoms with Crippen LogP contribution in [0.15, 0.2) is 190 Å². The van der Waals surface area contributed by atoms with Crippen LogP contribution in [-0.2, 0) is 6.54 Å². The van der Waals surface area contributed by atoms with Gasteiger partial charge in [0.25, 0.3) is 0 Å². The van der Waals surface area contributed by atoms with Crippen molar-refractivity contribution in [3.63, 3.8) is 0 Å². The number of rotatable bonds is 7. The fourth-order valence-corrected chi connectivity index (χ4v) is 6.68. The molecule has 7 rings (SSSR count). The molecule has 1 aromatic heterocycles. The minimum Gasteiger partial charge on any atom is -0.313 e. The molecule has 0 aliphatic heterocycles. The summed E-state index contributed by atoms with van der Waals surface area (Å²) in [5, 5.41) is 2.36. The zero-order valence-electron chi connectivity index (χ0n) is 30.1. The largest absolute Gasteiger partial charge is 0.313 e. The van der Waals surface area contributed by atoms with E-state index in [9.17, 15) is 0 Å². The van der Waals surface area contributed by atoms with Gasteiger partial charge in [-0.1, -0.05) is 152 Å². The van der Waals surface area contributed by atoms with Crippen LogP contribution in [0.2, 0.25) is 0 Å². The molecule has 0 unspecified atom stereocenters. The molecule has 5 aromatic carbocycles. The molecule has 0 saturated heterocycles. The third kappa shape index (κ3) is 7.61. The molecule has 256 valence electrons. The highest BCUT2D eigenvalue weighted by atomic mass is 15.0. The van der Waals surface area contributed by atoms with Gasteiger partial charge in [-0.2, -0.15) is 0 Å². The molecule has 4 heteroatoms. The Kier molecular flexibility index (Phi) is 10.5. The fraction of sp³-hybridized carbons (Fsp3) is 0.0816. The molecule has 53 heavy (non-hydrogen) atoms. The summed E-state index contributed by atoms with van der Waals surface area (Å²) >= 11 is 0. The Labute approximate surface area is 312 Å². The minimum absolute atomic E-state index is 0.500. The van der Waals surface area contributed by atoms with E-state index in [1.54, 1.807) is 0 Å². The van der Waals surface area contributed by atoms with Crippen molar-refractivity contribution in [2.75, 3.05) is 0 Å². The smallest absolute Gasteiger partial charge is 0.161 e. The molecular formula is C49H40N4. The van der Waals surface area contributed by atoms with Crippen molar-refractivity contribution >= 4 is 45.9 Å². The first-order valence-corrected chi connectivity index (χ1v) is 17.8. The minimum atomic E-state index is 0.500. The Morgan fingerprint density at radius 1 is 0.755 bits per heavy atom. The van der Waals surface area contributed by atoms with Gasteiger partial charge in [-0.3, -0.25) is 4.99 Å². The topological polar surface area (TPSA) is 42.0 Å². The molecule has 6 aromatic rings. The van der Waals surface area contributed by atoms with Crippen molar-refractivity contribution in [2.24, 2.45) is 15.0 Å². The van der Waals surface area contributed by atoms with Gasteiger partial charge >= 0.3 is 0 Å². The lowest BCUT2D eigenvalue weighted by atomic mass is 9.91. The van der Waals surface area contributed by atoms with Crippen molar-refractivity contribution in [1.82, 2.24) is 4.57 Å². The highest BCUT2D eigenvalue weighted by molar-refractivity contribution is 6.16. The van der Waals surface area contributed by atoms with E-state index in [0.29, 0.717) is 18.2 Å². The monoisotopic (exact) mass is 684 g/mol. The highest BCUT2D eigenvalue weighted by Gasteiger charge is 2.18. The van der Waals surface area contributed by atoms with Crippen LogP contribution in [0.4, 0.5) is 0 Å². The van der Waals surface area contributed by atoms with Crippen LogP contribution >= 0.6 is 0 Å². The van der Waals surface area contributed by atoms with Gasteiger partial charge in [0.05, 0.1) is 17.6 Å². The maximum atomic E-state index is 5.12. The lowest BCUT2D eigenvalue weighted by molar-refractivity contribution is 1.06. The first-order valence-electron chi connectivity index (χ1n) is 17.8. The quantitative estimate of drug-likeness (QED) is 0.0912. The molecule has 0 amide bonds. The predicted octanol–water partition coefficient (Wildman–Crippen LogP) is 12.1.